The molecule has 1 N–H and O–H groups in total. The number of hydrogen-bond acceptors (Lipinski definition) is 5. The minimum atomic E-state index is -0.0798. The molecule has 4 atom stereocenters. The number of ether oxygens (including phenoxy) is 2. The Kier molecular flexibility index (Phi) is 6.86. The second-order valence-corrected chi connectivity index (χ2v) is 10.0. The van der Waals surface area contributed by atoms with Crippen LogP contribution in [0.25, 0.3) is 0 Å². The quantitative estimate of drug-likeness (QED) is 0.616. The normalized spacial score (nSPS) is 27.8. The van der Waals surface area contributed by atoms with E-state index in [1.807, 2.05) is 23.9 Å². The number of piperidine rings is 1. The van der Waals surface area contributed by atoms with Crippen LogP contribution >= 0.6 is 11.8 Å². The third kappa shape index (κ3) is 5.06. The highest BCUT2D eigenvalue weighted by Crippen LogP contribution is 2.51. The maximum Gasteiger partial charge on any atom is 0.119 e. The van der Waals surface area contributed by atoms with Crippen LogP contribution in [0.5, 0.6) is 11.5 Å². The van der Waals surface area contributed by atoms with Crippen molar-refractivity contribution in [3.63, 3.8) is 0 Å². The number of aromatic hydroxyl groups is 1. The summed E-state index contributed by atoms with van der Waals surface area (Å²) in [5.74, 6) is 1.20. The van der Waals surface area contributed by atoms with E-state index in [0.29, 0.717) is 5.25 Å². The Labute approximate surface area is 194 Å². The van der Waals surface area contributed by atoms with Gasteiger partial charge in [-0.1, -0.05) is 55.0 Å². The summed E-state index contributed by atoms with van der Waals surface area (Å²) < 4.78 is 12.6. The fourth-order valence-electron chi connectivity index (χ4n) is 4.69. The number of likely N-dealkylation sites (tertiary alicyclic amines) is 1. The van der Waals surface area contributed by atoms with Gasteiger partial charge in [-0.15, -0.1) is 11.8 Å². The van der Waals surface area contributed by atoms with Gasteiger partial charge >= 0.3 is 0 Å². The summed E-state index contributed by atoms with van der Waals surface area (Å²) in [7, 11) is 0. The molecular weight excluding hydrogens is 418 g/mol. The molecule has 5 heteroatoms. The number of benzene rings is 2. The standard InChI is InChI=1S/C27H31NO3S/c29-22-12-8-20(9-13-22)26-27(32-25-7-3-2-6-24(25)31-26)21-10-14-23(15-11-21)30-19-18-28-16-4-1-5-17-28/h2-3,6-15,24-27,29H,1,4-5,16-19H2/t24?,25?,26-,27+/m0/s1. The number of nitrogens with zero attached hydrogens (tertiary/aromatic N) is 1. The van der Waals surface area contributed by atoms with E-state index in [1.54, 1.807) is 12.1 Å². The molecule has 2 aliphatic heterocycles. The van der Waals surface area contributed by atoms with Crippen molar-refractivity contribution in [2.24, 2.45) is 0 Å². The van der Waals surface area contributed by atoms with Crippen molar-refractivity contribution < 1.29 is 14.6 Å². The zero-order chi connectivity index (χ0) is 21.8. The molecule has 2 fully saturated rings. The maximum absolute atomic E-state index is 9.73. The van der Waals surface area contributed by atoms with Gasteiger partial charge < -0.3 is 14.6 Å². The van der Waals surface area contributed by atoms with Crippen molar-refractivity contribution in [1.82, 2.24) is 4.90 Å². The summed E-state index contributed by atoms with van der Waals surface area (Å²) >= 11 is 1.95. The van der Waals surface area contributed by atoms with Gasteiger partial charge in [-0.05, 0) is 61.3 Å². The van der Waals surface area contributed by atoms with Gasteiger partial charge in [-0.3, -0.25) is 4.90 Å². The molecule has 32 heavy (non-hydrogen) atoms. The molecule has 1 aliphatic carbocycles. The van der Waals surface area contributed by atoms with Gasteiger partial charge in [0, 0.05) is 6.54 Å². The largest absolute Gasteiger partial charge is 0.508 e. The second-order valence-electron chi connectivity index (χ2n) is 8.72. The van der Waals surface area contributed by atoms with Crippen LogP contribution in [0.1, 0.15) is 41.7 Å². The van der Waals surface area contributed by atoms with Crippen molar-refractivity contribution in [3.8, 4) is 11.5 Å². The molecular formula is C27H31NO3S. The van der Waals surface area contributed by atoms with Crippen molar-refractivity contribution >= 4 is 11.8 Å². The summed E-state index contributed by atoms with van der Waals surface area (Å²) in [5, 5.41) is 10.2. The number of hydrogen-bond donors (Lipinski definition) is 1. The predicted octanol–water partition coefficient (Wildman–Crippen LogP) is 5.67. The molecule has 2 aromatic carbocycles. The minimum absolute atomic E-state index is 0.0671. The van der Waals surface area contributed by atoms with E-state index in [9.17, 15) is 5.11 Å². The van der Waals surface area contributed by atoms with Gasteiger partial charge in [0.1, 0.15) is 18.1 Å². The fraction of sp³-hybridized carbons (Fsp3) is 0.407. The zero-order valence-electron chi connectivity index (χ0n) is 18.3. The molecule has 0 spiro atoms. The number of fused-ring (bicyclic) bond motifs is 1. The summed E-state index contributed by atoms with van der Waals surface area (Å²) in [6.07, 6.45) is 12.5. The van der Waals surface area contributed by atoms with Crippen LogP contribution in [0.15, 0.2) is 72.8 Å². The number of phenols is 1. The fourth-order valence-corrected chi connectivity index (χ4v) is 6.20. The first kappa shape index (κ1) is 21.6. The smallest absolute Gasteiger partial charge is 0.119 e. The topological polar surface area (TPSA) is 41.9 Å². The SMILES string of the molecule is Oc1ccc([C@@H]2OC3C=CC=CC3S[C@@H]2c2ccc(OCCN3CCCCC3)cc2)cc1. The number of phenolic OH excluding ortho intramolecular Hbond substituents is 1. The molecule has 0 bridgehead atoms. The Morgan fingerprint density at radius 3 is 2.41 bits per heavy atom. The Morgan fingerprint density at radius 1 is 0.906 bits per heavy atom. The second kappa shape index (κ2) is 10.2. The summed E-state index contributed by atoms with van der Waals surface area (Å²) in [6, 6.07) is 15.9. The number of allylic oxidation sites excluding steroid dienone is 2. The van der Waals surface area contributed by atoms with Crippen LogP contribution in [0, 0.1) is 0 Å². The summed E-state index contributed by atoms with van der Waals surface area (Å²) in [6.45, 7) is 4.13. The van der Waals surface area contributed by atoms with E-state index in [2.05, 4.69) is 53.5 Å². The Hall–Kier alpha value is -2.21. The van der Waals surface area contributed by atoms with Crippen LogP contribution in [-0.4, -0.2) is 47.6 Å². The molecule has 2 heterocycles. The van der Waals surface area contributed by atoms with Gasteiger partial charge in [0.25, 0.3) is 0 Å². The number of rotatable bonds is 6. The molecule has 2 saturated heterocycles. The molecule has 168 valence electrons. The lowest BCUT2D eigenvalue weighted by atomic mass is 9.99. The minimum Gasteiger partial charge on any atom is -0.508 e. The summed E-state index contributed by atoms with van der Waals surface area (Å²) in [5.41, 5.74) is 2.32. The third-order valence-electron chi connectivity index (χ3n) is 6.47. The van der Waals surface area contributed by atoms with Crippen molar-refractivity contribution in [2.45, 2.75) is 42.0 Å². The maximum atomic E-state index is 9.73. The molecule has 3 aliphatic rings. The average Bonchev–Trinajstić information content (AvgIpc) is 2.85. The Balaban J connectivity index is 1.28. The van der Waals surface area contributed by atoms with Gasteiger partial charge in [-0.25, -0.2) is 0 Å². The van der Waals surface area contributed by atoms with Gasteiger partial charge in [-0.2, -0.15) is 0 Å². The van der Waals surface area contributed by atoms with Crippen molar-refractivity contribution in [3.05, 3.63) is 84.0 Å². The molecule has 4 nitrogen and oxygen atoms in total. The molecule has 0 saturated carbocycles. The highest BCUT2D eigenvalue weighted by Gasteiger charge is 2.38. The highest BCUT2D eigenvalue weighted by molar-refractivity contribution is 8.00. The Bertz CT molecular complexity index is 934. The van der Waals surface area contributed by atoms with E-state index in [1.165, 1.54) is 37.9 Å². The molecule has 0 aromatic heterocycles. The van der Waals surface area contributed by atoms with Crippen molar-refractivity contribution in [1.29, 1.82) is 0 Å². The van der Waals surface area contributed by atoms with Crippen LogP contribution < -0.4 is 4.74 Å². The average molecular weight is 450 g/mol. The molecule has 5 rings (SSSR count). The van der Waals surface area contributed by atoms with E-state index >= 15 is 0 Å². The lowest BCUT2D eigenvalue weighted by molar-refractivity contribution is 0.00531. The first-order valence-corrected chi connectivity index (χ1v) is 12.6. The highest BCUT2D eigenvalue weighted by atomic mass is 32.2. The first-order chi connectivity index (χ1) is 15.8. The van der Waals surface area contributed by atoms with Crippen LogP contribution in [0.2, 0.25) is 0 Å². The van der Waals surface area contributed by atoms with Gasteiger partial charge in [0.15, 0.2) is 0 Å². The molecule has 2 unspecified atom stereocenters. The van der Waals surface area contributed by atoms with Gasteiger partial charge in [0.05, 0.1) is 22.7 Å². The predicted molar refractivity (Wildman–Crippen MR) is 130 cm³/mol. The van der Waals surface area contributed by atoms with Crippen LogP contribution in [-0.2, 0) is 4.74 Å². The summed E-state index contributed by atoms with van der Waals surface area (Å²) in [4.78, 5) is 2.50. The Morgan fingerprint density at radius 2 is 1.62 bits per heavy atom. The number of thioether (sulfide) groups is 1. The third-order valence-corrected chi connectivity index (χ3v) is 8.03. The van der Waals surface area contributed by atoms with E-state index in [0.717, 1.165) is 24.5 Å². The first-order valence-electron chi connectivity index (χ1n) is 11.7. The van der Waals surface area contributed by atoms with Crippen LogP contribution in [0.4, 0.5) is 0 Å². The molecule has 0 radical (unpaired) electrons. The van der Waals surface area contributed by atoms with E-state index in [4.69, 9.17) is 9.47 Å². The van der Waals surface area contributed by atoms with Crippen molar-refractivity contribution in [2.75, 3.05) is 26.2 Å². The molecule has 0 amide bonds. The monoisotopic (exact) mass is 449 g/mol. The zero-order valence-corrected chi connectivity index (χ0v) is 19.1. The van der Waals surface area contributed by atoms with Gasteiger partial charge in [0.2, 0.25) is 0 Å². The lowest BCUT2D eigenvalue weighted by Gasteiger charge is -2.40. The van der Waals surface area contributed by atoms with E-state index < -0.39 is 0 Å². The lowest BCUT2D eigenvalue weighted by Crippen LogP contribution is -2.34. The molecule has 2 aromatic rings. The van der Waals surface area contributed by atoms with Crippen LogP contribution in [0.3, 0.4) is 0 Å². The van der Waals surface area contributed by atoms with E-state index in [-0.39, 0.29) is 23.2 Å².